The molecule has 0 aromatic carbocycles. The van der Waals surface area contributed by atoms with Crippen molar-refractivity contribution in [1.82, 2.24) is 19.9 Å². The van der Waals surface area contributed by atoms with Gasteiger partial charge in [-0.1, -0.05) is 18.2 Å². The average Bonchev–Trinajstić information content (AvgIpc) is 3.56. The molecule has 0 radical (unpaired) electrons. The van der Waals surface area contributed by atoms with Crippen LogP contribution in [0.3, 0.4) is 0 Å². The molecule has 31 heavy (non-hydrogen) atoms. The van der Waals surface area contributed by atoms with Crippen molar-refractivity contribution < 1.29 is 24.3 Å². The number of nitrogens with zero attached hydrogens (tertiary/aromatic N) is 4. The van der Waals surface area contributed by atoms with E-state index in [2.05, 4.69) is 0 Å². The van der Waals surface area contributed by atoms with E-state index in [9.17, 15) is 4.79 Å². The maximum Gasteiger partial charge on any atom is 2.00 e. The Labute approximate surface area is 193 Å². The van der Waals surface area contributed by atoms with Gasteiger partial charge in [-0.3, -0.25) is 4.79 Å². The predicted octanol–water partition coefficient (Wildman–Crippen LogP) is 4.96. The Bertz CT molecular complexity index is 1450. The van der Waals surface area contributed by atoms with E-state index < -0.39 is 0 Å². The zero-order chi connectivity index (χ0) is 21.0. The van der Waals surface area contributed by atoms with E-state index in [-0.39, 0.29) is 19.5 Å². The van der Waals surface area contributed by atoms with Crippen molar-refractivity contribution in [2.24, 2.45) is 0 Å². The van der Waals surface area contributed by atoms with Gasteiger partial charge in [0.25, 0.3) is 0 Å². The standard InChI is InChI=1S/C25H21N4O.Zn/c1-13-18-5-6-19(26-18)14(2)21-9-10-23(28-21)16(4)25-17(12-30)11-24(29-25)15(3)22-8-7-20(13)27-22;/h5-12H,1-4H3,(H-,26,27,28,29,30);/q-1;+2/p-1. The zero-order valence-corrected chi connectivity index (χ0v) is 21.0. The summed E-state index contributed by atoms with van der Waals surface area (Å²) in [6, 6.07) is 5.88. The molecular formula is C25H20N4OZn. The monoisotopic (exact) mass is 456 g/mol. The number of aromatic nitrogens is 4. The van der Waals surface area contributed by atoms with Crippen LogP contribution in [-0.2, 0) is 19.5 Å². The molecule has 0 fully saturated rings. The molecule has 0 unspecified atom stereocenters. The second kappa shape index (κ2) is 7.86. The first-order valence-corrected chi connectivity index (χ1v) is 9.87. The molecular weight excluding hydrogens is 438 g/mol. The fraction of sp³-hybridized carbons (Fsp3) is 0.160. The van der Waals surface area contributed by atoms with E-state index in [1.807, 2.05) is 70.2 Å². The first kappa shape index (κ1) is 21.1. The quantitative estimate of drug-likeness (QED) is 0.263. The molecule has 0 saturated carbocycles. The van der Waals surface area contributed by atoms with Crippen LogP contribution in [0, 0.1) is 27.7 Å². The third kappa shape index (κ3) is 3.41. The van der Waals surface area contributed by atoms with E-state index in [1.165, 1.54) is 0 Å². The van der Waals surface area contributed by atoms with Crippen LogP contribution in [0.1, 0.15) is 55.4 Å². The van der Waals surface area contributed by atoms with Gasteiger partial charge >= 0.3 is 19.5 Å². The minimum Gasteiger partial charge on any atom is -0.657 e. The Hall–Kier alpha value is -3.11. The van der Waals surface area contributed by atoms with Crippen molar-refractivity contribution in [3.05, 3.63) is 68.8 Å². The minimum absolute atomic E-state index is 0. The molecule has 0 saturated heterocycles. The van der Waals surface area contributed by atoms with Crippen LogP contribution in [0.15, 0.2) is 18.2 Å². The Kier molecular flexibility index (Phi) is 5.36. The molecule has 0 amide bonds. The second-order valence-electron chi connectivity index (χ2n) is 7.71. The Balaban J connectivity index is 0.00000231. The molecule has 5 heterocycles. The molecule has 0 atom stereocenters. The minimum atomic E-state index is 0. The van der Waals surface area contributed by atoms with E-state index in [0.29, 0.717) is 11.1 Å². The molecule has 5 nitrogen and oxygen atoms in total. The molecule has 8 bridgehead atoms. The summed E-state index contributed by atoms with van der Waals surface area (Å²) < 4.78 is 0. The molecule has 148 valence electrons. The van der Waals surface area contributed by atoms with Gasteiger partial charge in [0.1, 0.15) is 6.29 Å². The van der Waals surface area contributed by atoms with Gasteiger partial charge in [-0.05, 0) is 79.8 Å². The number of aryl methyl sites for hydroxylation is 4. The van der Waals surface area contributed by atoms with E-state index >= 15 is 0 Å². The van der Waals surface area contributed by atoms with Crippen LogP contribution in [0.2, 0.25) is 0 Å². The van der Waals surface area contributed by atoms with Crippen molar-refractivity contribution in [3.63, 3.8) is 0 Å². The first-order valence-electron chi connectivity index (χ1n) is 9.87. The maximum absolute atomic E-state index is 11.8. The number of carbonyl (C=O) groups is 1. The van der Waals surface area contributed by atoms with E-state index in [0.717, 1.165) is 67.9 Å². The summed E-state index contributed by atoms with van der Waals surface area (Å²) in [7, 11) is 0. The van der Waals surface area contributed by atoms with Gasteiger partial charge < -0.3 is 9.97 Å². The van der Waals surface area contributed by atoms with Crippen molar-refractivity contribution in [2.45, 2.75) is 27.7 Å². The van der Waals surface area contributed by atoms with Crippen LogP contribution < -0.4 is 9.97 Å². The number of hydrogen-bond acceptors (Lipinski definition) is 3. The van der Waals surface area contributed by atoms with Crippen molar-refractivity contribution in [3.8, 4) is 0 Å². The largest absolute Gasteiger partial charge is 2.00 e. The number of rotatable bonds is 1. The summed E-state index contributed by atoms with van der Waals surface area (Å²) in [5.41, 5.74) is 11.0. The summed E-state index contributed by atoms with van der Waals surface area (Å²) in [6.07, 6.45) is 8.81. The van der Waals surface area contributed by atoms with Crippen LogP contribution in [0.5, 0.6) is 0 Å². The molecule has 0 aliphatic carbocycles. The number of aldehydes is 1. The topological polar surface area (TPSA) is 71.1 Å². The predicted molar refractivity (Wildman–Crippen MR) is 121 cm³/mol. The summed E-state index contributed by atoms with van der Waals surface area (Å²) >= 11 is 0. The summed E-state index contributed by atoms with van der Waals surface area (Å²) in [4.78, 5) is 31.0. The molecule has 3 aromatic rings. The third-order valence-electron chi connectivity index (χ3n) is 5.89. The molecule has 0 spiro atoms. The van der Waals surface area contributed by atoms with Crippen LogP contribution in [0.25, 0.3) is 46.4 Å². The van der Waals surface area contributed by atoms with Crippen LogP contribution >= 0.6 is 0 Å². The van der Waals surface area contributed by atoms with Crippen molar-refractivity contribution >= 4 is 52.7 Å². The first-order chi connectivity index (χ1) is 14.5. The van der Waals surface area contributed by atoms with Crippen LogP contribution in [0.4, 0.5) is 0 Å². The van der Waals surface area contributed by atoms with E-state index in [1.54, 1.807) is 0 Å². The maximum atomic E-state index is 11.8. The average molecular weight is 458 g/mol. The Morgan fingerprint density at radius 2 is 1.13 bits per heavy atom. The van der Waals surface area contributed by atoms with E-state index in [4.69, 9.17) is 19.9 Å². The zero-order valence-electron chi connectivity index (χ0n) is 18.0. The fourth-order valence-corrected chi connectivity index (χ4v) is 3.87. The van der Waals surface area contributed by atoms with Crippen LogP contribution in [-0.4, -0.2) is 16.3 Å². The van der Waals surface area contributed by atoms with Crippen molar-refractivity contribution in [1.29, 1.82) is 0 Å². The van der Waals surface area contributed by atoms with Gasteiger partial charge in [0.15, 0.2) is 0 Å². The second-order valence-corrected chi connectivity index (χ2v) is 7.71. The summed E-state index contributed by atoms with van der Waals surface area (Å²) in [5, 5.41) is 0. The Morgan fingerprint density at radius 3 is 1.61 bits per heavy atom. The van der Waals surface area contributed by atoms with Gasteiger partial charge in [0, 0.05) is 0 Å². The third-order valence-corrected chi connectivity index (χ3v) is 5.89. The number of fused-ring (bicyclic) bond motifs is 8. The Morgan fingerprint density at radius 1 is 0.677 bits per heavy atom. The molecule has 6 heteroatoms. The molecule has 2 aliphatic rings. The fourth-order valence-electron chi connectivity index (χ4n) is 3.87. The summed E-state index contributed by atoms with van der Waals surface area (Å²) in [5.74, 6) is 0. The number of hydrogen-bond donors (Lipinski definition) is 0. The molecule has 0 N–H and O–H groups in total. The van der Waals surface area contributed by atoms with Gasteiger partial charge in [-0.25, -0.2) is 9.97 Å². The molecule has 5 rings (SSSR count). The molecule has 3 aromatic heterocycles. The van der Waals surface area contributed by atoms with Gasteiger partial charge in [0.05, 0.1) is 22.8 Å². The van der Waals surface area contributed by atoms with Gasteiger partial charge in [-0.15, -0.1) is 22.1 Å². The SMILES string of the molecule is Cc1c2nc(c(C)c3cc(C=O)c([n-]3)c(C)c3nc(c(C)c4ccc1[n-]4)C=C3)C=C2.[Zn+2]. The normalized spacial score (nSPS) is 12.1. The smallest absolute Gasteiger partial charge is 0.657 e. The van der Waals surface area contributed by atoms with Crippen molar-refractivity contribution in [2.75, 3.05) is 0 Å². The van der Waals surface area contributed by atoms with Gasteiger partial charge in [-0.2, -0.15) is 0 Å². The molecule has 2 aliphatic heterocycles. The summed E-state index contributed by atoms with van der Waals surface area (Å²) in [6.45, 7) is 8.00. The number of carbonyl (C=O) groups excluding carboxylic acids is 1. The van der Waals surface area contributed by atoms with Gasteiger partial charge in [0.2, 0.25) is 0 Å².